The molecule has 6 nitrogen and oxygen atoms in total. The summed E-state index contributed by atoms with van der Waals surface area (Å²) >= 11 is 0. The van der Waals surface area contributed by atoms with Crippen molar-refractivity contribution in [3.8, 4) is 11.5 Å². The first kappa shape index (κ1) is 15.1. The Balaban J connectivity index is 2.20. The normalized spacial score (nSPS) is 19.6. The van der Waals surface area contributed by atoms with Gasteiger partial charge in [-0.25, -0.2) is 13.1 Å². The van der Waals surface area contributed by atoms with Crippen molar-refractivity contribution in [1.82, 2.24) is 10.0 Å². The summed E-state index contributed by atoms with van der Waals surface area (Å²) in [6.45, 7) is 1.60. The van der Waals surface area contributed by atoms with E-state index in [1.54, 1.807) is 6.07 Å². The van der Waals surface area contributed by atoms with Crippen LogP contribution in [0.5, 0.6) is 11.5 Å². The number of piperidine rings is 1. The molecule has 0 amide bonds. The summed E-state index contributed by atoms with van der Waals surface area (Å²) in [4.78, 5) is 0.181. The summed E-state index contributed by atoms with van der Waals surface area (Å²) < 4.78 is 37.6. The van der Waals surface area contributed by atoms with Crippen LogP contribution >= 0.6 is 0 Å². The van der Waals surface area contributed by atoms with E-state index in [9.17, 15) is 8.42 Å². The molecule has 1 aliphatic rings. The molecule has 1 aliphatic heterocycles. The molecular formula is C13H20N2O4S. The summed E-state index contributed by atoms with van der Waals surface area (Å²) in [6, 6.07) is 4.51. The van der Waals surface area contributed by atoms with Crippen molar-refractivity contribution < 1.29 is 17.9 Å². The molecule has 2 N–H and O–H groups in total. The van der Waals surface area contributed by atoms with Gasteiger partial charge in [-0.1, -0.05) is 0 Å². The van der Waals surface area contributed by atoms with Gasteiger partial charge in [0, 0.05) is 18.7 Å². The lowest BCUT2D eigenvalue weighted by atomic mass is 10.1. The average molecular weight is 300 g/mol. The molecule has 2 rings (SSSR count). The Hall–Kier alpha value is -1.31. The van der Waals surface area contributed by atoms with Gasteiger partial charge in [0.2, 0.25) is 10.0 Å². The van der Waals surface area contributed by atoms with E-state index in [-0.39, 0.29) is 10.9 Å². The van der Waals surface area contributed by atoms with Crippen LogP contribution in [0.1, 0.15) is 12.8 Å². The van der Waals surface area contributed by atoms with Gasteiger partial charge in [0.25, 0.3) is 0 Å². The fourth-order valence-corrected chi connectivity index (χ4v) is 3.51. The topological polar surface area (TPSA) is 76.7 Å². The Kier molecular flexibility index (Phi) is 4.85. The average Bonchev–Trinajstić information content (AvgIpc) is 2.47. The highest BCUT2D eigenvalue weighted by atomic mass is 32.2. The van der Waals surface area contributed by atoms with Crippen LogP contribution in [-0.4, -0.2) is 41.8 Å². The Labute approximate surface area is 119 Å². The fraction of sp³-hybridized carbons (Fsp3) is 0.538. The molecule has 0 bridgehead atoms. The van der Waals surface area contributed by atoms with Crippen molar-refractivity contribution in [2.75, 3.05) is 27.3 Å². The van der Waals surface area contributed by atoms with Crippen LogP contribution in [0.3, 0.4) is 0 Å². The van der Waals surface area contributed by atoms with Crippen LogP contribution in [0.15, 0.2) is 23.1 Å². The second-order valence-corrected chi connectivity index (χ2v) is 6.40. The van der Waals surface area contributed by atoms with Gasteiger partial charge in [-0.15, -0.1) is 0 Å². The molecule has 0 spiro atoms. The second-order valence-electron chi connectivity index (χ2n) is 4.68. The number of sulfonamides is 1. The molecule has 20 heavy (non-hydrogen) atoms. The summed E-state index contributed by atoms with van der Waals surface area (Å²) in [5.74, 6) is 0.905. The summed E-state index contributed by atoms with van der Waals surface area (Å²) in [6.07, 6.45) is 1.82. The molecule has 7 heteroatoms. The molecule has 1 fully saturated rings. The van der Waals surface area contributed by atoms with E-state index in [0.29, 0.717) is 18.0 Å². The Bertz CT molecular complexity index is 553. The van der Waals surface area contributed by atoms with Crippen LogP contribution in [0.2, 0.25) is 0 Å². The minimum Gasteiger partial charge on any atom is -0.493 e. The minimum atomic E-state index is -3.54. The number of benzene rings is 1. The lowest BCUT2D eigenvalue weighted by Crippen LogP contribution is -2.45. The zero-order chi connectivity index (χ0) is 14.6. The van der Waals surface area contributed by atoms with Gasteiger partial charge in [0.1, 0.15) is 0 Å². The van der Waals surface area contributed by atoms with E-state index < -0.39 is 10.0 Å². The molecule has 112 valence electrons. The van der Waals surface area contributed by atoms with Crippen LogP contribution in [0.25, 0.3) is 0 Å². The molecule has 1 saturated heterocycles. The smallest absolute Gasteiger partial charge is 0.241 e. The van der Waals surface area contributed by atoms with Crippen LogP contribution < -0.4 is 19.5 Å². The van der Waals surface area contributed by atoms with Gasteiger partial charge in [0.05, 0.1) is 19.1 Å². The molecule has 1 aromatic carbocycles. The zero-order valence-corrected chi connectivity index (χ0v) is 12.5. The molecule has 1 aromatic rings. The van der Waals surface area contributed by atoms with Gasteiger partial charge >= 0.3 is 0 Å². The quantitative estimate of drug-likeness (QED) is 0.838. The van der Waals surface area contributed by atoms with E-state index in [2.05, 4.69) is 10.0 Å². The van der Waals surface area contributed by atoms with E-state index >= 15 is 0 Å². The molecular weight excluding hydrogens is 280 g/mol. The maximum absolute atomic E-state index is 12.3. The lowest BCUT2D eigenvalue weighted by Gasteiger charge is -2.23. The Morgan fingerprint density at radius 1 is 1.25 bits per heavy atom. The zero-order valence-electron chi connectivity index (χ0n) is 11.7. The summed E-state index contributed by atoms with van der Waals surface area (Å²) in [5.41, 5.74) is 0. The molecule has 0 unspecified atom stereocenters. The van der Waals surface area contributed by atoms with Crippen molar-refractivity contribution in [2.45, 2.75) is 23.8 Å². The van der Waals surface area contributed by atoms with Gasteiger partial charge in [-0.05, 0) is 31.5 Å². The third kappa shape index (κ3) is 3.41. The Morgan fingerprint density at radius 3 is 2.60 bits per heavy atom. The number of nitrogens with one attached hydrogen (secondary N) is 2. The minimum absolute atomic E-state index is 0.0677. The molecule has 0 aliphatic carbocycles. The fourth-order valence-electron chi connectivity index (χ4n) is 2.22. The number of methoxy groups -OCH3 is 2. The largest absolute Gasteiger partial charge is 0.493 e. The van der Waals surface area contributed by atoms with E-state index in [0.717, 1.165) is 19.4 Å². The van der Waals surface area contributed by atoms with E-state index in [1.165, 1.54) is 26.4 Å². The highest BCUT2D eigenvalue weighted by Crippen LogP contribution is 2.29. The van der Waals surface area contributed by atoms with Crippen molar-refractivity contribution in [3.63, 3.8) is 0 Å². The Morgan fingerprint density at radius 2 is 2.00 bits per heavy atom. The van der Waals surface area contributed by atoms with Crippen molar-refractivity contribution in [3.05, 3.63) is 18.2 Å². The predicted molar refractivity (Wildman–Crippen MR) is 75.8 cm³/mol. The highest BCUT2D eigenvalue weighted by molar-refractivity contribution is 7.89. The molecule has 1 heterocycles. The molecule has 0 radical (unpaired) electrons. The molecule has 0 saturated carbocycles. The first-order valence-electron chi connectivity index (χ1n) is 6.52. The number of ether oxygens (including phenoxy) is 2. The van der Waals surface area contributed by atoms with Crippen LogP contribution in [0, 0.1) is 0 Å². The SMILES string of the molecule is COc1ccc(S(=O)(=O)N[C@H]2CCCNC2)cc1OC. The first-order valence-corrected chi connectivity index (χ1v) is 8.00. The monoisotopic (exact) mass is 300 g/mol. The number of rotatable bonds is 5. The number of hydrogen-bond acceptors (Lipinski definition) is 5. The highest BCUT2D eigenvalue weighted by Gasteiger charge is 2.22. The maximum Gasteiger partial charge on any atom is 0.241 e. The summed E-state index contributed by atoms with van der Waals surface area (Å²) in [7, 11) is -0.552. The molecule has 1 atom stereocenters. The van der Waals surface area contributed by atoms with Crippen molar-refractivity contribution in [2.24, 2.45) is 0 Å². The maximum atomic E-state index is 12.3. The van der Waals surface area contributed by atoms with Crippen molar-refractivity contribution >= 4 is 10.0 Å². The second kappa shape index (κ2) is 6.43. The predicted octanol–water partition coefficient (Wildman–Crippen LogP) is 0.734. The first-order chi connectivity index (χ1) is 9.56. The van der Waals surface area contributed by atoms with Gasteiger partial charge in [-0.3, -0.25) is 0 Å². The van der Waals surface area contributed by atoms with Crippen molar-refractivity contribution in [1.29, 1.82) is 0 Å². The standard InChI is InChI=1S/C13H20N2O4S/c1-18-12-6-5-11(8-13(12)19-2)20(16,17)15-10-4-3-7-14-9-10/h5-6,8,10,14-15H,3-4,7,9H2,1-2H3/t10-/m0/s1. The van der Waals surface area contributed by atoms with Crippen LogP contribution in [-0.2, 0) is 10.0 Å². The lowest BCUT2D eigenvalue weighted by molar-refractivity contribution is 0.353. The van der Waals surface area contributed by atoms with E-state index in [4.69, 9.17) is 9.47 Å². The van der Waals surface area contributed by atoms with Crippen LogP contribution in [0.4, 0.5) is 0 Å². The van der Waals surface area contributed by atoms with Gasteiger partial charge in [0.15, 0.2) is 11.5 Å². The van der Waals surface area contributed by atoms with E-state index in [1.807, 2.05) is 0 Å². The van der Waals surface area contributed by atoms with Gasteiger partial charge in [-0.2, -0.15) is 0 Å². The third-order valence-corrected chi connectivity index (χ3v) is 4.80. The summed E-state index contributed by atoms with van der Waals surface area (Å²) in [5, 5.41) is 3.18. The third-order valence-electron chi connectivity index (χ3n) is 3.28. The van der Waals surface area contributed by atoms with Gasteiger partial charge < -0.3 is 14.8 Å². The number of hydrogen-bond donors (Lipinski definition) is 2. The molecule has 0 aromatic heterocycles.